The standard InChI is InChI=1S/C25H29FO2/c1-15(13-17-7-9-18(10-8-17)23(27)28)20-16(2)14-19-21(22(20)26)25(5,6)12-11-24(19,3)4/h7-10,14H,1,11-13H2,2-6H3,(H,27,28). The van der Waals surface area contributed by atoms with Crippen LogP contribution in [0.15, 0.2) is 36.9 Å². The number of carboxylic acid groups (broad SMARTS) is 1. The maximum atomic E-state index is 15.8. The maximum absolute atomic E-state index is 15.8. The first-order chi connectivity index (χ1) is 12.9. The van der Waals surface area contributed by atoms with E-state index < -0.39 is 5.97 Å². The van der Waals surface area contributed by atoms with Crippen LogP contribution < -0.4 is 0 Å². The van der Waals surface area contributed by atoms with Crippen molar-refractivity contribution in [2.75, 3.05) is 0 Å². The molecule has 0 fully saturated rings. The van der Waals surface area contributed by atoms with Crippen molar-refractivity contribution in [3.63, 3.8) is 0 Å². The third-order valence-corrected chi connectivity index (χ3v) is 6.22. The van der Waals surface area contributed by atoms with E-state index in [0.29, 0.717) is 12.0 Å². The fraction of sp³-hybridized carbons (Fsp3) is 0.400. The van der Waals surface area contributed by atoms with Crippen molar-refractivity contribution in [1.29, 1.82) is 0 Å². The Hall–Kier alpha value is -2.42. The molecule has 2 aromatic carbocycles. The second-order valence-corrected chi connectivity index (χ2v) is 9.36. The van der Waals surface area contributed by atoms with Crippen LogP contribution in [0.1, 0.15) is 78.7 Å². The minimum atomic E-state index is -0.952. The van der Waals surface area contributed by atoms with Crippen LogP contribution >= 0.6 is 0 Å². The molecule has 1 N–H and O–H groups in total. The van der Waals surface area contributed by atoms with Crippen molar-refractivity contribution < 1.29 is 14.3 Å². The molecule has 0 unspecified atom stereocenters. The molecule has 3 rings (SSSR count). The number of fused-ring (bicyclic) bond motifs is 1. The Morgan fingerprint density at radius 1 is 1.11 bits per heavy atom. The van der Waals surface area contributed by atoms with E-state index >= 15 is 4.39 Å². The highest BCUT2D eigenvalue weighted by molar-refractivity contribution is 5.87. The zero-order valence-corrected chi connectivity index (χ0v) is 17.4. The summed E-state index contributed by atoms with van der Waals surface area (Å²) in [7, 11) is 0. The van der Waals surface area contributed by atoms with Gasteiger partial charge in [-0.3, -0.25) is 0 Å². The fourth-order valence-electron chi connectivity index (χ4n) is 4.39. The summed E-state index contributed by atoms with van der Waals surface area (Å²) in [5, 5.41) is 9.05. The topological polar surface area (TPSA) is 37.3 Å². The molecule has 1 aliphatic rings. The monoisotopic (exact) mass is 380 g/mol. The molecule has 0 aromatic heterocycles. The van der Waals surface area contributed by atoms with E-state index in [1.54, 1.807) is 24.3 Å². The van der Waals surface area contributed by atoms with Crippen LogP contribution in [0.25, 0.3) is 5.57 Å². The molecule has 0 aliphatic heterocycles. The lowest BCUT2D eigenvalue weighted by molar-refractivity contribution is 0.0697. The Bertz CT molecular complexity index is 950. The highest BCUT2D eigenvalue weighted by Crippen LogP contribution is 2.48. The average Bonchev–Trinajstić information content (AvgIpc) is 2.59. The van der Waals surface area contributed by atoms with E-state index in [1.807, 2.05) is 6.92 Å². The normalized spacial score (nSPS) is 17.1. The first-order valence-corrected chi connectivity index (χ1v) is 9.78. The van der Waals surface area contributed by atoms with E-state index in [-0.39, 0.29) is 22.2 Å². The van der Waals surface area contributed by atoms with Crippen molar-refractivity contribution in [1.82, 2.24) is 0 Å². The highest BCUT2D eigenvalue weighted by atomic mass is 19.1. The quantitative estimate of drug-likeness (QED) is 0.663. The fourth-order valence-corrected chi connectivity index (χ4v) is 4.39. The molecule has 1 aliphatic carbocycles. The number of allylic oxidation sites excluding steroid dienone is 1. The molecule has 0 saturated heterocycles. The van der Waals surface area contributed by atoms with Crippen LogP contribution in [0.2, 0.25) is 0 Å². The minimum absolute atomic E-state index is 0.0387. The van der Waals surface area contributed by atoms with Gasteiger partial charge >= 0.3 is 5.97 Å². The lowest BCUT2D eigenvalue weighted by Gasteiger charge is -2.42. The molecule has 2 aromatic rings. The van der Waals surface area contributed by atoms with Crippen molar-refractivity contribution in [2.24, 2.45) is 0 Å². The van der Waals surface area contributed by atoms with Gasteiger partial charge in [-0.05, 0) is 77.0 Å². The van der Waals surface area contributed by atoms with Crippen molar-refractivity contribution in [2.45, 2.75) is 64.7 Å². The molecule has 148 valence electrons. The summed E-state index contributed by atoms with van der Waals surface area (Å²) in [6.45, 7) is 14.8. The SMILES string of the molecule is C=C(Cc1ccc(C(=O)O)cc1)c1c(C)cc2c(c1F)C(C)(C)CCC2(C)C. The van der Waals surface area contributed by atoms with E-state index in [4.69, 9.17) is 5.11 Å². The molecule has 0 spiro atoms. The number of hydrogen-bond acceptors (Lipinski definition) is 1. The van der Waals surface area contributed by atoms with Gasteiger partial charge in [-0.1, -0.05) is 52.5 Å². The number of hydrogen-bond donors (Lipinski definition) is 1. The lowest BCUT2D eigenvalue weighted by Crippen LogP contribution is -2.35. The number of carbonyl (C=O) groups is 1. The Morgan fingerprint density at radius 3 is 2.25 bits per heavy atom. The van der Waals surface area contributed by atoms with Crippen molar-refractivity contribution >= 4 is 11.5 Å². The number of carboxylic acids is 1. The zero-order valence-electron chi connectivity index (χ0n) is 17.4. The molecular weight excluding hydrogens is 351 g/mol. The van der Waals surface area contributed by atoms with Gasteiger partial charge in [0.2, 0.25) is 0 Å². The molecule has 28 heavy (non-hydrogen) atoms. The van der Waals surface area contributed by atoms with Crippen molar-refractivity contribution in [3.05, 3.63) is 76.1 Å². The molecular formula is C25H29FO2. The Kier molecular flexibility index (Phi) is 4.99. The number of aromatic carboxylic acids is 1. The van der Waals surface area contributed by atoms with Crippen LogP contribution in [-0.4, -0.2) is 11.1 Å². The maximum Gasteiger partial charge on any atom is 0.335 e. The van der Waals surface area contributed by atoms with Gasteiger partial charge in [0.25, 0.3) is 0 Å². The largest absolute Gasteiger partial charge is 0.478 e. The molecule has 0 radical (unpaired) electrons. The summed E-state index contributed by atoms with van der Waals surface area (Å²) in [4.78, 5) is 11.0. The Labute approximate surface area is 167 Å². The van der Waals surface area contributed by atoms with E-state index in [1.165, 1.54) is 0 Å². The number of halogens is 1. The number of rotatable bonds is 4. The van der Waals surface area contributed by atoms with Gasteiger partial charge < -0.3 is 5.11 Å². The number of aryl methyl sites for hydroxylation is 1. The van der Waals surface area contributed by atoms with Gasteiger partial charge in [-0.25, -0.2) is 9.18 Å². The lowest BCUT2D eigenvalue weighted by atomic mass is 9.62. The molecule has 0 amide bonds. The third-order valence-electron chi connectivity index (χ3n) is 6.22. The smallest absolute Gasteiger partial charge is 0.335 e. The summed E-state index contributed by atoms with van der Waals surface area (Å²) in [5.41, 5.74) is 5.10. The molecule has 3 heteroatoms. The Balaban J connectivity index is 2.03. The summed E-state index contributed by atoms with van der Waals surface area (Å²) >= 11 is 0. The average molecular weight is 381 g/mol. The van der Waals surface area contributed by atoms with Crippen LogP contribution in [0.3, 0.4) is 0 Å². The van der Waals surface area contributed by atoms with Gasteiger partial charge in [0.15, 0.2) is 0 Å². The van der Waals surface area contributed by atoms with Crippen LogP contribution in [0, 0.1) is 12.7 Å². The van der Waals surface area contributed by atoms with Gasteiger partial charge in [0.05, 0.1) is 5.56 Å². The van der Waals surface area contributed by atoms with E-state index in [2.05, 4.69) is 40.3 Å². The molecule has 0 heterocycles. The predicted octanol–water partition coefficient (Wildman–Crippen LogP) is 6.44. The van der Waals surface area contributed by atoms with Crippen molar-refractivity contribution in [3.8, 4) is 0 Å². The molecule has 2 nitrogen and oxygen atoms in total. The minimum Gasteiger partial charge on any atom is -0.478 e. The van der Waals surface area contributed by atoms with Gasteiger partial charge in [-0.2, -0.15) is 0 Å². The van der Waals surface area contributed by atoms with Gasteiger partial charge in [0, 0.05) is 5.56 Å². The zero-order chi connectivity index (χ0) is 20.9. The summed E-state index contributed by atoms with van der Waals surface area (Å²) < 4.78 is 15.8. The Morgan fingerprint density at radius 2 is 1.68 bits per heavy atom. The van der Waals surface area contributed by atoms with E-state index in [0.717, 1.165) is 40.7 Å². The summed E-state index contributed by atoms with van der Waals surface area (Å²) in [5.74, 6) is -1.09. The summed E-state index contributed by atoms with van der Waals surface area (Å²) in [6.07, 6.45) is 2.48. The van der Waals surface area contributed by atoms with Gasteiger partial charge in [0.1, 0.15) is 5.82 Å². The molecule has 0 saturated carbocycles. The first kappa shape index (κ1) is 20.3. The third kappa shape index (κ3) is 3.50. The highest BCUT2D eigenvalue weighted by Gasteiger charge is 2.40. The molecule has 0 bridgehead atoms. The second kappa shape index (κ2) is 6.88. The molecule has 0 atom stereocenters. The van der Waals surface area contributed by atoms with Crippen LogP contribution in [-0.2, 0) is 17.3 Å². The van der Waals surface area contributed by atoms with Gasteiger partial charge in [-0.15, -0.1) is 0 Å². The first-order valence-electron chi connectivity index (χ1n) is 9.78. The van der Waals surface area contributed by atoms with Crippen LogP contribution in [0.5, 0.6) is 0 Å². The number of benzene rings is 2. The van der Waals surface area contributed by atoms with E-state index in [9.17, 15) is 4.79 Å². The predicted molar refractivity (Wildman–Crippen MR) is 113 cm³/mol. The van der Waals surface area contributed by atoms with Crippen LogP contribution in [0.4, 0.5) is 4.39 Å². The summed E-state index contributed by atoms with van der Waals surface area (Å²) in [6, 6.07) is 8.84. The second-order valence-electron chi connectivity index (χ2n) is 9.36.